The number of hydrogen-bond acceptors (Lipinski definition) is 5. The first-order valence-corrected chi connectivity index (χ1v) is 25.6. The lowest BCUT2D eigenvalue weighted by atomic mass is 10.7. The summed E-state index contributed by atoms with van der Waals surface area (Å²) in [5, 5.41) is 0. The highest BCUT2D eigenvalue weighted by Gasteiger charge is 3.09. The topological polar surface area (TPSA) is 46.2 Å². The van der Waals surface area contributed by atoms with Gasteiger partial charge in [0.25, 0.3) is 0 Å². The molecule has 0 atom stereocenters. The minimum absolute atomic E-state index is 0.539. The van der Waals surface area contributed by atoms with Crippen molar-refractivity contribution < 1.29 is 240 Å². The van der Waals surface area contributed by atoms with Crippen molar-refractivity contribution in [2.75, 3.05) is 0 Å². The first-order chi connectivity index (χ1) is 33.5. The molecule has 1 aliphatic heterocycles. The van der Waals surface area contributed by atoms with Gasteiger partial charge in [-0.3, -0.25) is 0 Å². The Morgan fingerprint density at radius 1 is 0.113 bits per heavy atom. The molecule has 480 valence electrons. The first kappa shape index (κ1) is 75.4. The summed E-state index contributed by atoms with van der Waals surface area (Å²) < 4.78 is 743. The quantitative estimate of drug-likeness (QED) is 0.161. The van der Waals surface area contributed by atoms with E-state index in [2.05, 4.69) is 0 Å². The average Bonchev–Trinajstić information content (AvgIpc) is 3.13. The van der Waals surface area contributed by atoms with Gasteiger partial charge in [0.1, 0.15) is 0 Å². The van der Waals surface area contributed by atoms with Gasteiger partial charge in [0, 0.05) is 0 Å². The number of halogens is 50. The highest BCUT2D eigenvalue weighted by Crippen LogP contribution is 2.71. The van der Waals surface area contributed by atoms with E-state index in [1.807, 2.05) is 0 Å². The van der Waals surface area contributed by atoms with Gasteiger partial charge in [0.15, 0.2) is 0 Å². The van der Waals surface area contributed by atoms with Crippen LogP contribution in [-0.2, 0) is 20.6 Å². The lowest BCUT2D eigenvalue weighted by Gasteiger charge is -2.59. The summed E-state index contributed by atoms with van der Waals surface area (Å²) in [7, 11) is -76.0. The molecule has 0 aromatic heterocycles. The molecule has 80 heavy (non-hydrogen) atoms. The molecule has 1 heterocycles. The summed E-state index contributed by atoms with van der Waals surface area (Å²) in [4.78, 5) is 0. The van der Waals surface area contributed by atoms with Gasteiger partial charge in [-0.15, -0.1) is 0 Å². The van der Waals surface area contributed by atoms with Crippen molar-refractivity contribution in [3.8, 4) is 0 Å². The Bertz CT molecular complexity index is 1710. The van der Waals surface area contributed by atoms with Crippen molar-refractivity contribution in [2.24, 2.45) is 0 Å². The molecule has 0 aromatic carbocycles. The Kier molecular flexibility index (Phi) is 17.6. The minimum atomic E-state index is -15.2. The smallest absolute Gasteiger partial charge is 0.400 e. The van der Waals surface area contributed by atoms with Crippen LogP contribution in [0.2, 0.25) is 0 Å². The van der Waals surface area contributed by atoms with Crippen LogP contribution in [0.25, 0.3) is 0 Å². The fraction of sp³-hybridized carbons (Fsp3) is 1.00. The van der Waals surface area contributed by atoms with Crippen molar-refractivity contribution in [2.45, 2.75) is 117 Å². The molecular weight excluding hydrogens is 1410 g/mol. The van der Waals surface area contributed by atoms with Gasteiger partial charge < -0.3 is 20.6 Å². The SMILES string of the molecule is FC(F)(F)C(F)(F)[Si]1(C(F)(F)C(F)(F)F)O[Si](C(F)(F)C(F)(F)F)(C(F)(F)C(F)(F)F)O[Si](C(F)(F)C(F)(F)F)(C(F)(F)C(F)(F)F)O[Si](C(F)(F)C(F)(F)F)(C(F)(F)C(F)(F)F)O[Si](C(F)(F)C(F)(F)F)(C(F)(F)C(F)(F)F)O1. The van der Waals surface area contributed by atoms with Crippen molar-refractivity contribution in [1.82, 2.24) is 0 Å². The van der Waals surface area contributed by atoms with Crippen LogP contribution in [0.3, 0.4) is 0 Å². The highest BCUT2D eigenvalue weighted by atomic mass is 28.5. The molecule has 0 aromatic rings. The first-order valence-electron chi connectivity index (χ1n) is 16.5. The van der Waals surface area contributed by atoms with Gasteiger partial charge in [0.2, 0.25) is 0 Å². The van der Waals surface area contributed by atoms with Crippen LogP contribution in [0, 0.1) is 0 Å². The Labute approximate surface area is 401 Å². The Morgan fingerprint density at radius 2 is 0.163 bits per heavy atom. The maximum absolute atomic E-state index is 15.8. The summed E-state index contributed by atoms with van der Waals surface area (Å²) in [5.74, 6) is 0. The standard InChI is InChI=1S/C20F50O5Si5/c21-1(22,23)11(51,52)76(12(53,54)2(24,25)26)71-77(13(55,56)3(27,28)29,14(57,58)4(30,31)32)73-79(17(63,64)7(39,40)41,18(65,66)8(42,43)44)75-80(19(67,68)9(45,46)47,20(69,70)10(48,49)50)74-78(72-76,15(59,60)5(33,34)35)16(61,62)6(36,37)38. The van der Waals surface area contributed by atoms with Crippen LogP contribution in [-0.4, -0.2) is 160 Å². The van der Waals surface area contributed by atoms with E-state index in [0.29, 0.717) is 20.6 Å². The molecule has 0 radical (unpaired) electrons. The Hall–Kier alpha value is -2.62. The Morgan fingerprint density at radius 3 is 0.200 bits per heavy atom. The summed E-state index contributed by atoms with van der Waals surface area (Å²) in [5.41, 5.74) is -115. The number of alkyl halides is 50. The zero-order valence-electron chi connectivity index (χ0n) is 33.4. The van der Waals surface area contributed by atoms with Gasteiger partial charge in [-0.2, -0.15) is 220 Å². The van der Waals surface area contributed by atoms with Crippen LogP contribution in [0.1, 0.15) is 0 Å². The fourth-order valence-electron chi connectivity index (χ4n) is 5.25. The van der Waals surface area contributed by atoms with E-state index >= 15 is 87.8 Å². The van der Waals surface area contributed by atoms with E-state index in [1.54, 1.807) is 0 Å². The van der Waals surface area contributed by atoms with Crippen LogP contribution in [0.4, 0.5) is 220 Å². The molecule has 1 aliphatic rings. The summed E-state index contributed by atoms with van der Waals surface area (Å²) in [6.07, 6.45) is -106. The van der Waals surface area contributed by atoms with Crippen LogP contribution in [0.5, 0.6) is 0 Å². The normalized spacial score (nSPS) is 21.4. The third-order valence-corrected chi connectivity index (χ3v) is 31.7. The van der Waals surface area contributed by atoms with E-state index in [4.69, 9.17) is 0 Å². The van der Waals surface area contributed by atoms with Gasteiger partial charge in [-0.25, -0.2) is 0 Å². The van der Waals surface area contributed by atoms with Crippen LogP contribution < -0.4 is 0 Å². The van der Waals surface area contributed by atoms with Crippen molar-refractivity contribution in [3.63, 3.8) is 0 Å². The molecule has 0 bridgehead atoms. The molecule has 5 nitrogen and oxygen atoms in total. The fourth-order valence-corrected chi connectivity index (χ4v) is 32.0. The van der Waals surface area contributed by atoms with Gasteiger partial charge >= 0.3 is 160 Å². The molecule has 1 saturated heterocycles. The predicted molar refractivity (Wildman–Crippen MR) is 144 cm³/mol. The maximum Gasteiger partial charge on any atom is 0.494 e. The maximum atomic E-state index is 15.8. The van der Waals surface area contributed by atoms with E-state index in [1.165, 1.54) is 0 Å². The van der Waals surface area contributed by atoms with E-state index in [0.717, 1.165) is 0 Å². The molecule has 0 aliphatic carbocycles. The highest BCUT2D eigenvalue weighted by molar-refractivity contribution is 7.00. The zero-order chi connectivity index (χ0) is 66.0. The van der Waals surface area contributed by atoms with Gasteiger partial charge in [0.05, 0.1) is 0 Å². The molecule has 0 N–H and O–H groups in total. The van der Waals surface area contributed by atoms with Crippen molar-refractivity contribution in [3.05, 3.63) is 0 Å². The molecule has 1 rings (SSSR count). The van der Waals surface area contributed by atoms with E-state index in [9.17, 15) is 132 Å². The minimum Gasteiger partial charge on any atom is -0.400 e. The van der Waals surface area contributed by atoms with Gasteiger partial charge in [-0.05, 0) is 0 Å². The zero-order valence-corrected chi connectivity index (χ0v) is 38.4. The molecule has 1 fully saturated rings. The van der Waals surface area contributed by atoms with Crippen molar-refractivity contribution in [1.29, 1.82) is 0 Å². The third kappa shape index (κ3) is 9.70. The second kappa shape index (κ2) is 18.7. The molecule has 0 spiro atoms. The van der Waals surface area contributed by atoms with E-state index < -0.39 is 160 Å². The summed E-state index contributed by atoms with van der Waals surface area (Å²) >= 11 is 0. The summed E-state index contributed by atoms with van der Waals surface area (Å²) in [6, 6.07) is 0. The van der Waals surface area contributed by atoms with E-state index in [-0.39, 0.29) is 0 Å². The molecule has 0 unspecified atom stereocenters. The average molecular weight is 1410 g/mol. The lowest BCUT2D eigenvalue weighted by Crippen LogP contribution is -2.97. The Balaban J connectivity index is 7.06. The predicted octanol–water partition coefficient (Wildman–Crippen LogP) is 14.7. The van der Waals surface area contributed by atoms with Crippen LogP contribution >= 0.6 is 0 Å². The second-order valence-corrected chi connectivity index (χ2v) is 30.8. The number of hydrogen-bond donors (Lipinski definition) is 0. The summed E-state index contributed by atoms with van der Waals surface area (Å²) in [6.45, 7) is 0. The monoisotopic (exact) mass is 1410 g/mol. The largest absolute Gasteiger partial charge is 0.494 e. The van der Waals surface area contributed by atoms with Crippen molar-refractivity contribution >= 4 is 42.8 Å². The molecule has 0 saturated carbocycles. The molecule has 0 amide bonds. The third-order valence-electron chi connectivity index (χ3n) is 9.13. The lowest BCUT2D eigenvalue weighted by molar-refractivity contribution is -0.321. The number of rotatable bonds is 10. The molecular formula is C20F50O5Si5. The van der Waals surface area contributed by atoms with Gasteiger partial charge in [-0.1, -0.05) is 0 Å². The second-order valence-electron chi connectivity index (χ2n) is 14.3. The molecule has 60 heteroatoms. The van der Waals surface area contributed by atoms with Crippen LogP contribution in [0.15, 0.2) is 0 Å².